The molecule has 0 aliphatic heterocycles. The molecule has 0 saturated carbocycles. The summed E-state index contributed by atoms with van der Waals surface area (Å²) in [4.78, 5) is 24.7. The maximum atomic E-state index is 12.4. The van der Waals surface area contributed by atoms with Crippen molar-refractivity contribution in [1.29, 1.82) is 0 Å². The molecule has 5 heteroatoms. The first-order valence-electron chi connectivity index (χ1n) is 39.3. The van der Waals surface area contributed by atoms with Crippen LogP contribution in [-0.2, 0) is 19.1 Å². The molecule has 0 heterocycles. The van der Waals surface area contributed by atoms with Crippen LogP contribution in [-0.4, -0.2) is 36.4 Å². The van der Waals surface area contributed by atoms with Crippen molar-refractivity contribution in [2.24, 2.45) is 0 Å². The number of aliphatic hydroxyl groups excluding tert-OH is 1. The molecule has 0 fully saturated rings. The lowest BCUT2D eigenvalue weighted by molar-refractivity contribution is -0.161. The summed E-state index contributed by atoms with van der Waals surface area (Å²) in [6.45, 7) is 3.93. The second-order valence-corrected chi connectivity index (χ2v) is 25.7. The van der Waals surface area contributed by atoms with E-state index in [2.05, 4.69) is 196 Å². The average Bonchev–Trinajstić information content (AvgIpc) is 3.77. The maximum absolute atomic E-state index is 12.4. The largest absolute Gasteiger partial charge is 0.462 e. The molecule has 0 amide bonds. The summed E-state index contributed by atoms with van der Waals surface area (Å²) >= 11 is 0. The van der Waals surface area contributed by atoms with Crippen LogP contribution in [0.15, 0.2) is 182 Å². The SMILES string of the molecule is CC/C=C\C/C=C\C/C=C\C/C=C\C/C=C\C/C=C\C/C=C\C/C=C\C/C=C\CCCCCCCCCCCCCCCC(=O)OC(CO)COC(=O)CCCCCCCCCCCCCCCCCCCCCC/C=C\C/C=C\C/C=C\C/C=C\C/C=C\C/C=C\CC. The Morgan fingerprint density at radius 2 is 0.426 bits per heavy atom. The molecule has 0 spiro atoms. The van der Waals surface area contributed by atoms with Crippen LogP contribution in [0.5, 0.6) is 0 Å². The van der Waals surface area contributed by atoms with Gasteiger partial charge in [-0.1, -0.05) is 382 Å². The van der Waals surface area contributed by atoms with Crippen molar-refractivity contribution in [3.8, 4) is 0 Å². The third kappa shape index (κ3) is 79.4. The van der Waals surface area contributed by atoms with Crippen LogP contribution in [0.2, 0.25) is 0 Å². The summed E-state index contributed by atoms with van der Waals surface area (Å²) in [5, 5.41) is 9.73. The van der Waals surface area contributed by atoms with Crippen molar-refractivity contribution in [3.63, 3.8) is 0 Å². The lowest BCUT2D eigenvalue weighted by Gasteiger charge is -2.15. The van der Waals surface area contributed by atoms with Gasteiger partial charge in [0.15, 0.2) is 6.10 Å². The van der Waals surface area contributed by atoms with E-state index < -0.39 is 6.10 Å². The van der Waals surface area contributed by atoms with Crippen LogP contribution in [0.3, 0.4) is 0 Å². The zero-order chi connectivity index (χ0) is 67.5. The monoisotopic (exact) mass is 1300 g/mol. The van der Waals surface area contributed by atoms with Gasteiger partial charge in [-0.3, -0.25) is 9.59 Å². The molecule has 532 valence electrons. The van der Waals surface area contributed by atoms with Crippen LogP contribution >= 0.6 is 0 Å². The Labute approximate surface area is 582 Å². The minimum Gasteiger partial charge on any atom is -0.462 e. The lowest BCUT2D eigenvalue weighted by atomic mass is 10.0. The van der Waals surface area contributed by atoms with Crippen molar-refractivity contribution < 1.29 is 24.2 Å². The van der Waals surface area contributed by atoms with Crippen molar-refractivity contribution in [3.05, 3.63) is 182 Å². The molecule has 0 aliphatic carbocycles. The van der Waals surface area contributed by atoms with Crippen molar-refractivity contribution >= 4 is 11.9 Å². The number of hydrogen-bond acceptors (Lipinski definition) is 5. The van der Waals surface area contributed by atoms with E-state index in [0.717, 1.165) is 135 Å². The van der Waals surface area contributed by atoms with Crippen LogP contribution < -0.4 is 0 Å². The van der Waals surface area contributed by atoms with Crippen LogP contribution in [0.1, 0.15) is 348 Å². The van der Waals surface area contributed by atoms with Gasteiger partial charge in [-0.25, -0.2) is 0 Å². The second kappa shape index (κ2) is 82.2. The van der Waals surface area contributed by atoms with E-state index in [-0.39, 0.29) is 25.2 Å². The van der Waals surface area contributed by atoms with Gasteiger partial charge in [0.2, 0.25) is 0 Å². The molecule has 0 aliphatic rings. The maximum Gasteiger partial charge on any atom is 0.306 e. The fraction of sp³-hybridized carbons (Fsp3) is 0.640. The van der Waals surface area contributed by atoms with Gasteiger partial charge in [-0.05, 0) is 135 Å². The summed E-state index contributed by atoms with van der Waals surface area (Å²) in [6, 6.07) is 0. The predicted octanol–water partition coefficient (Wildman–Crippen LogP) is 28.1. The van der Waals surface area contributed by atoms with Crippen molar-refractivity contribution in [2.75, 3.05) is 13.2 Å². The average molecular weight is 1300 g/mol. The number of ether oxygens (including phenoxy) is 2. The highest BCUT2D eigenvalue weighted by Gasteiger charge is 2.16. The van der Waals surface area contributed by atoms with Gasteiger partial charge in [0.05, 0.1) is 6.61 Å². The molecule has 0 radical (unpaired) electrons. The number of esters is 2. The van der Waals surface area contributed by atoms with Gasteiger partial charge >= 0.3 is 11.9 Å². The molecule has 1 N–H and O–H groups in total. The van der Waals surface area contributed by atoms with E-state index in [0.29, 0.717) is 12.8 Å². The topological polar surface area (TPSA) is 72.8 Å². The first-order valence-corrected chi connectivity index (χ1v) is 39.3. The second-order valence-electron chi connectivity index (χ2n) is 25.7. The van der Waals surface area contributed by atoms with Gasteiger partial charge in [0.25, 0.3) is 0 Å². The number of aliphatic hydroxyl groups is 1. The molecule has 0 aromatic heterocycles. The minimum atomic E-state index is -0.783. The van der Waals surface area contributed by atoms with Gasteiger partial charge in [0.1, 0.15) is 6.61 Å². The van der Waals surface area contributed by atoms with E-state index >= 15 is 0 Å². The highest BCUT2D eigenvalue weighted by Crippen LogP contribution is 2.18. The highest BCUT2D eigenvalue weighted by atomic mass is 16.6. The lowest BCUT2D eigenvalue weighted by Crippen LogP contribution is -2.28. The number of unbranched alkanes of at least 4 members (excludes halogenated alkanes) is 33. The van der Waals surface area contributed by atoms with E-state index in [9.17, 15) is 14.7 Å². The Morgan fingerprint density at radius 3 is 0.638 bits per heavy atom. The number of carbonyl (C=O) groups is 2. The third-order valence-corrected chi connectivity index (χ3v) is 16.7. The molecule has 0 rings (SSSR count). The quantitative estimate of drug-likeness (QED) is 0.0373. The Hall–Kier alpha value is -5.00. The normalized spacial score (nSPS) is 13.3. The van der Waals surface area contributed by atoms with Gasteiger partial charge in [-0.15, -0.1) is 0 Å². The van der Waals surface area contributed by atoms with Crippen molar-refractivity contribution in [2.45, 2.75) is 354 Å². The number of carbonyl (C=O) groups excluding carboxylic acids is 2. The molecule has 1 unspecified atom stereocenters. The molecular weight excluding hydrogens is 1150 g/mol. The van der Waals surface area contributed by atoms with Gasteiger partial charge < -0.3 is 14.6 Å². The molecule has 0 saturated heterocycles. The van der Waals surface area contributed by atoms with E-state index in [1.807, 2.05) is 0 Å². The fourth-order valence-corrected chi connectivity index (χ4v) is 10.9. The Balaban J connectivity index is 3.49. The molecule has 5 nitrogen and oxygen atoms in total. The minimum absolute atomic E-state index is 0.0708. The van der Waals surface area contributed by atoms with Crippen LogP contribution in [0.25, 0.3) is 0 Å². The summed E-state index contributed by atoms with van der Waals surface area (Å²) in [5.74, 6) is -0.586. The molecule has 0 aromatic carbocycles. The third-order valence-electron chi connectivity index (χ3n) is 16.7. The Morgan fingerprint density at radius 1 is 0.245 bits per heavy atom. The molecule has 0 bridgehead atoms. The predicted molar refractivity (Wildman–Crippen MR) is 416 cm³/mol. The zero-order valence-corrected chi connectivity index (χ0v) is 61.2. The van der Waals surface area contributed by atoms with Gasteiger partial charge in [0, 0.05) is 12.8 Å². The van der Waals surface area contributed by atoms with Crippen LogP contribution in [0, 0.1) is 0 Å². The molecule has 0 aromatic rings. The molecular formula is C89H146O5. The van der Waals surface area contributed by atoms with Crippen molar-refractivity contribution in [1.82, 2.24) is 0 Å². The first-order chi connectivity index (χ1) is 46.6. The first kappa shape index (κ1) is 89.0. The molecule has 1 atom stereocenters. The number of allylic oxidation sites excluding steroid dienone is 30. The smallest absolute Gasteiger partial charge is 0.306 e. The summed E-state index contributed by atoms with van der Waals surface area (Å²) < 4.78 is 10.8. The van der Waals surface area contributed by atoms with E-state index in [1.54, 1.807) is 0 Å². The van der Waals surface area contributed by atoms with E-state index in [1.165, 1.54) is 186 Å². The highest BCUT2D eigenvalue weighted by molar-refractivity contribution is 5.70. The van der Waals surface area contributed by atoms with E-state index in [4.69, 9.17) is 9.47 Å². The Bertz CT molecular complexity index is 2060. The number of hydrogen-bond donors (Lipinski definition) is 1. The summed E-state index contributed by atoms with van der Waals surface area (Å²) in [7, 11) is 0. The Kier molecular flexibility index (Phi) is 77.9. The van der Waals surface area contributed by atoms with Crippen LogP contribution in [0.4, 0.5) is 0 Å². The fourth-order valence-electron chi connectivity index (χ4n) is 10.9. The summed E-state index contributed by atoms with van der Waals surface area (Å²) in [6.07, 6.45) is 128. The number of rotatable bonds is 71. The molecule has 94 heavy (non-hydrogen) atoms. The zero-order valence-electron chi connectivity index (χ0n) is 61.2. The standard InChI is InChI=1S/C89H146O5/c1-3-5-7-9-11-13-15-17-19-21-23-25-27-29-31-33-35-37-39-41-43-44-46-48-50-52-54-56-58-60-62-64-66-68-70-72-74-76-78-80-82-84-89(92)94-87(85-90)86-93-88(91)83-81-79-77-75-73-71-69-67-65-63-61-59-57-55-53-51-49-47-45-42-40-38-36-34-32-30-28-26-24-22-20-18-16-14-12-10-8-6-4-2/h5-8,11-14,17-20,23-26,29-32,35-38,41,43,46,48,52,54,87,90H,3-4,9-10,15-16,21-22,27-28,33-34,39-40,42,44-45,47,49-51,53,55-86H2,1-2H3/b7-5-,8-6-,13-11-,14-12-,19-17-,20-18-,25-23-,26-24-,31-29-,32-30-,37-35-,38-36-,43-41-,48-46-,54-52-. The summed E-state index contributed by atoms with van der Waals surface area (Å²) in [5.41, 5.74) is 0. The van der Waals surface area contributed by atoms with Gasteiger partial charge in [-0.2, -0.15) is 0 Å².